The van der Waals surface area contributed by atoms with Crippen LogP contribution < -0.4 is 10.0 Å². The van der Waals surface area contributed by atoms with E-state index in [9.17, 15) is 13.2 Å². The predicted molar refractivity (Wildman–Crippen MR) is 118 cm³/mol. The Morgan fingerprint density at radius 1 is 1.13 bits per heavy atom. The van der Waals surface area contributed by atoms with Crippen LogP contribution >= 0.6 is 0 Å². The maximum absolute atomic E-state index is 12.8. The molecule has 2 N–H and O–H groups in total. The zero-order valence-electron chi connectivity index (χ0n) is 17.7. The molecule has 0 bridgehead atoms. The van der Waals surface area contributed by atoms with Crippen molar-refractivity contribution in [1.29, 1.82) is 0 Å². The minimum atomic E-state index is -3.71. The number of aryl methyl sites for hydroxylation is 3. The molecule has 0 radical (unpaired) electrons. The fourth-order valence-corrected chi connectivity index (χ4v) is 4.60. The molecule has 0 fully saturated rings. The lowest BCUT2D eigenvalue weighted by Gasteiger charge is -2.20. The first-order chi connectivity index (χ1) is 14.8. The highest BCUT2D eigenvalue weighted by Gasteiger charge is 2.21. The van der Waals surface area contributed by atoms with Crippen LogP contribution in [0.15, 0.2) is 66.1 Å². The summed E-state index contributed by atoms with van der Waals surface area (Å²) < 4.78 is 30.0. The Labute approximate surface area is 182 Å². The summed E-state index contributed by atoms with van der Waals surface area (Å²) in [6.45, 7) is 4.32. The number of nitrogens with zero attached hydrogens (tertiary/aromatic N) is 3. The second-order valence-corrected chi connectivity index (χ2v) is 9.15. The van der Waals surface area contributed by atoms with E-state index in [-0.39, 0.29) is 17.3 Å². The molecule has 31 heavy (non-hydrogen) atoms. The van der Waals surface area contributed by atoms with E-state index < -0.39 is 16.1 Å². The monoisotopic (exact) mass is 441 g/mol. The molecular formula is C22H27N5O3S. The number of amides is 1. The van der Waals surface area contributed by atoms with E-state index in [1.807, 2.05) is 43.3 Å². The molecule has 0 unspecified atom stereocenters. The minimum absolute atomic E-state index is 0.0501. The van der Waals surface area contributed by atoms with Gasteiger partial charge in [-0.2, -0.15) is 5.10 Å². The molecule has 3 aromatic rings. The highest BCUT2D eigenvalue weighted by molar-refractivity contribution is 7.89. The summed E-state index contributed by atoms with van der Waals surface area (Å²) in [6, 6.07) is 14.1. The molecule has 0 saturated carbocycles. The average Bonchev–Trinajstić information content (AvgIpc) is 3.25. The molecule has 8 nitrogen and oxygen atoms in total. The molecular weight excluding hydrogens is 414 g/mol. The molecule has 3 rings (SSSR count). The number of sulfonamides is 1. The van der Waals surface area contributed by atoms with Crippen molar-refractivity contribution in [2.24, 2.45) is 0 Å². The number of carbonyl (C=O) groups is 1. The van der Waals surface area contributed by atoms with Gasteiger partial charge < -0.3 is 5.32 Å². The number of rotatable bonds is 10. The molecule has 0 spiro atoms. The molecule has 0 aliphatic rings. The quantitative estimate of drug-likeness (QED) is 0.503. The summed E-state index contributed by atoms with van der Waals surface area (Å²) in [6.07, 6.45) is 3.96. The van der Waals surface area contributed by atoms with Crippen molar-refractivity contribution in [3.8, 4) is 0 Å². The normalized spacial score (nSPS) is 12.5. The van der Waals surface area contributed by atoms with Crippen LogP contribution in [0.4, 0.5) is 0 Å². The van der Waals surface area contributed by atoms with E-state index in [1.165, 1.54) is 6.33 Å². The summed E-state index contributed by atoms with van der Waals surface area (Å²) >= 11 is 0. The first-order valence-electron chi connectivity index (χ1n) is 10.1. The molecule has 0 aliphatic carbocycles. The van der Waals surface area contributed by atoms with Gasteiger partial charge in [-0.3, -0.25) is 9.48 Å². The number of nitrogens with one attached hydrogen (secondary N) is 2. The highest BCUT2D eigenvalue weighted by atomic mass is 32.2. The van der Waals surface area contributed by atoms with Crippen molar-refractivity contribution in [3.63, 3.8) is 0 Å². The topological polar surface area (TPSA) is 106 Å². The molecule has 1 heterocycles. The zero-order chi connectivity index (χ0) is 22.3. The Hall–Kier alpha value is -3.04. The third kappa shape index (κ3) is 6.47. The SMILES string of the molecule is Cc1ccc(S(=O)(=O)NC[C@@H](NC(=O)CCCn2cncn2)c2ccccc2)c(C)c1. The Kier molecular flexibility index (Phi) is 7.54. The van der Waals surface area contributed by atoms with Crippen molar-refractivity contribution in [1.82, 2.24) is 24.8 Å². The van der Waals surface area contributed by atoms with Crippen molar-refractivity contribution in [3.05, 3.63) is 77.9 Å². The van der Waals surface area contributed by atoms with Crippen LogP contribution in [0.2, 0.25) is 0 Å². The number of benzene rings is 2. The van der Waals surface area contributed by atoms with E-state index in [0.29, 0.717) is 24.9 Å². The van der Waals surface area contributed by atoms with Crippen molar-refractivity contribution in [2.45, 2.75) is 44.2 Å². The first-order valence-corrected chi connectivity index (χ1v) is 11.6. The van der Waals surface area contributed by atoms with Crippen LogP contribution in [0.5, 0.6) is 0 Å². The Balaban J connectivity index is 1.65. The number of hydrogen-bond donors (Lipinski definition) is 2. The third-order valence-corrected chi connectivity index (χ3v) is 6.48. The standard InChI is InChI=1S/C22H27N5O3S/c1-17-10-11-21(18(2)13-17)31(29,30)25-14-20(19-7-4-3-5-8-19)26-22(28)9-6-12-27-16-23-15-24-27/h3-5,7-8,10-11,13,15-16,20,25H,6,9,12,14H2,1-2H3,(H,26,28)/t20-/m1/s1. The average molecular weight is 442 g/mol. The lowest BCUT2D eigenvalue weighted by atomic mass is 10.1. The Morgan fingerprint density at radius 2 is 1.90 bits per heavy atom. The number of carbonyl (C=O) groups excluding carboxylic acids is 1. The van der Waals surface area contributed by atoms with Crippen molar-refractivity contribution < 1.29 is 13.2 Å². The third-order valence-electron chi connectivity index (χ3n) is 4.89. The van der Waals surface area contributed by atoms with Gasteiger partial charge >= 0.3 is 0 Å². The van der Waals surface area contributed by atoms with Gasteiger partial charge in [-0.05, 0) is 37.5 Å². The summed E-state index contributed by atoms with van der Waals surface area (Å²) in [5.74, 6) is -0.153. The molecule has 1 amide bonds. The Bertz CT molecular complexity index is 1100. The van der Waals surface area contributed by atoms with Crippen molar-refractivity contribution >= 4 is 15.9 Å². The maximum Gasteiger partial charge on any atom is 0.240 e. The summed E-state index contributed by atoms with van der Waals surface area (Å²) in [5.41, 5.74) is 2.51. The molecule has 9 heteroatoms. The largest absolute Gasteiger partial charge is 0.348 e. The van der Waals surface area contributed by atoms with E-state index in [1.54, 1.807) is 30.1 Å². The highest BCUT2D eigenvalue weighted by Crippen LogP contribution is 2.18. The van der Waals surface area contributed by atoms with Gasteiger partial charge in [0.2, 0.25) is 15.9 Å². The molecule has 0 saturated heterocycles. The van der Waals surface area contributed by atoms with Gasteiger partial charge in [0.25, 0.3) is 0 Å². The van der Waals surface area contributed by atoms with Crippen LogP contribution in [0.25, 0.3) is 0 Å². The fourth-order valence-electron chi connectivity index (χ4n) is 3.33. The van der Waals surface area contributed by atoms with E-state index in [0.717, 1.165) is 11.1 Å². The van der Waals surface area contributed by atoms with Gasteiger partial charge in [0.1, 0.15) is 12.7 Å². The van der Waals surface area contributed by atoms with Gasteiger partial charge in [-0.25, -0.2) is 18.1 Å². The molecule has 1 aromatic heterocycles. The zero-order valence-corrected chi connectivity index (χ0v) is 18.5. The molecule has 1 atom stereocenters. The van der Waals surface area contributed by atoms with Crippen molar-refractivity contribution in [2.75, 3.05) is 6.54 Å². The maximum atomic E-state index is 12.8. The van der Waals surface area contributed by atoms with E-state index in [2.05, 4.69) is 20.1 Å². The first kappa shape index (κ1) is 22.6. The summed E-state index contributed by atoms with van der Waals surface area (Å²) in [5, 5.41) is 6.97. The lowest BCUT2D eigenvalue weighted by Crippen LogP contribution is -2.38. The molecule has 2 aromatic carbocycles. The fraction of sp³-hybridized carbons (Fsp3) is 0.318. The minimum Gasteiger partial charge on any atom is -0.348 e. The summed E-state index contributed by atoms with van der Waals surface area (Å²) in [7, 11) is -3.71. The molecule has 164 valence electrons. The van der Waals surface area contributed by atoms with Crippen LogP contribution in [0.1, 0.15) is 35.6 Å². The van der Waals surface area contributed by atoms with Crippen LogP contribution in [-0.2, 0) is 21.4 Å². The number of hydrogen-bond acceptors (Lipinski definition) is 5. The summed E-state index contributed by atoms with van der Waals surface area (Å²) in [4.78, 5) is 16.6. The smallest absolute Gasteiger partial charge is 0.240 e. The van der Waals surface area contributed by atoms with Gasteiger partial charge in [0, 0.05) is 19.5 Å². The van der Waals surface area contributed by atoms with Gasteiger partial charge in [0.05, 0.1) is 10.9 Å². The van der Waals surface area contributed by atoms with Crippen LogP contribution in [0.3, 0.4) is 0 Å². The van der Waals surface area contributed by atoms with Crippen LogP contribution in [0, 0.1) is 13.8 Å². The van der Waals surface area contributed by atoms with E-state index >= 15 is 0 Å². The van der Waals surface area contributed by atoms with Gasteiger partial charge in [-0.15, -0.1) is 0 Å². The molecule has 0 aliphatic heterocycles. The number of aromatic nitrogens is 3. The Morgan fingerprint density at radius 3 is 2.58 bits per heavy atom. The lowest BCUT2D eigenvalue weighted by molar-refractivity contribution is -0.122. The van der Waals surface area contributed by atoms with Crippen LogP contribution in [-0.4, -0.2) is 35.6 Å². The van der Waals surface area contributed by atoms with Gasteiger partial charge in [-0.1, -0.05) is 48.0 Å². The second-order valence-electron chi connectivity index (χ2n) is 7.41. The second kappa shape index (κ2) is 10.3. The predicted octanol–water partition coefficient (Wildman–Crippen LogP) is 2.51. The van der Waals surface area contributed by atoms with Gasteiger partial charge in [0.15, 0.2) is 0 Å². The van der Waals surface area contributed by atoms with E-state index in [4.69, 9.17) is 0 Å².